The van der Waals surface area contributed by atoms with Crippen molar-refractivity contribution in [3.63, 3.8) is 0 Å². The highest BCUT2D eigenvalue weighted by Crippen LogP contribution is 2.64. The number of benzene rings is 4. The molecule has 5 aromatic rings. The number of carbonyl (C=O) groups is 5. The molecule has 2 fully saturated rings. The Morgan fingerprint density at radius 3 is 2.18 bits per heavy atom. The van der Waals surface area contributed by atoms with Gasteiger partial charge in [-0.1, -0.05) is 90.7 Å². The number of esters is 3. The minimum absolute atomic E-state index is 0.0120. The lowest BCUT2D eigenvalue weighted by Crippen LogP contribution is -2.55. The Bertz CT molecular complexity index is 2510. The summed E-state index contributed by atoms with van der Waals surface area (Å²) in [4.78, 5) is 76.6. The predicted molar refractivity (Wildman–Crippen MR) is 221 cm³/mol. The van der Waals surface area contributed by atoms with Crippen LogP contribution in [-0.2, 0) is 50.0 Å². The van der Waals surface area contributed by atoms with Crippen LogP contribution in [0.2, 0.25) is 0 Å². The third kappa shape index (κ3) is 7.36. The fourth-order valence-corrected chi connectivity index (χ4v) is 9.10. The Morgan fingerprint density at radius 1 is 0.852 bits per heavy atom. The zero-order chi connectivity index (χ0) is 42.7. The van der Waals surface area contributed by atoms with Crippen molar-refractivity contribution in [3.05, 3.63) is 161 Å². The number of rotatable bonds is 10. The average Bonchev–Trinajstić information content (AvgIpc) is 3.77. The molecular formula is C48H42N4O9. The number of hydrogen-bond donors (Lipinski definition) is 3. The van der Waals surface area contributed by atoms with E-state index in [2.05, 4.69) is 27.5 Å². The first-order valence-electron chi connectivity index (χ1n) is 19.8. The maximum Gasteiger partial charge on any atom is 0.324 e. The van der Waals surface area contributed by atoms with E-state index >= 15 is 9.59 Å². The highest BCUT2D eigenvalue weighted by atomic mass is 16.6. The van der Waals surface area contributed by atoms with Gasteiger partial charge in [0, 0.05) is 42.5 Å². The van der Waals surface area contributed by atoms with Gasteiger partial charge in [0.05, 0.1) is 32.2 Å². The molecule has 1 aromatic heterocycles. The largest absolute Gasteiger partial charge is 0.508 e. The van der Waals surface area contributed by atoms with Crippen LogP contribution in [-0.4, -0.2) is 71.5 Å². The SMILES string of the molecule is COC(=O)C(CC#Cc1ccc2c(c1)[C@]1(C(=O)N2)[C@H](C(=O)NCCc2ccccn2)[C@H]2C(=O)O[C@H](c3ccccc3)[C@H](c3ccccc3)N2[C@@H]1c1ccc(O)cc1)C(=O)OC. The van der Waals surface area contributed by atoms with Gasteiger partial charge in [0.2, 0.25) is 11.8 Å². The van der Waals surface area contributed by atoms with Crippen LogP contribution in [0.25, 0.3) is 0 Å². The van der Waals surface area contributed by atoms with Gasteiger partial charge in [-0.15, -0.1) is 0 Å². The topological polar surface area (TPSA) is 173 Å². The molecule has 61 heavy (non-hydrogen) atoms. The standard InChI is InChI=1S/C48H42N4O9/c1-59-44(55)35(45(56)60-2)18-11-12-29-19-24-37-36(28-29)48(47(58)51-37)38(43(54)50-27-25-33-17-9-10-26-49-33)40-46(57)61-41(31-15-7-4-8-16-31)39(30-13-5-3-6-14-30)52(40)42(48)32-20-22-34(53)23-21-32/h3-10,13-17,19-24,26,28,35,38-42,53H,18,25,27H2,1-2H3,(H,50,54)(H,51,58)/t38-,39-,40-,41+,42+,48-/m0/s1. The fraction of sp³-hybridized carbons (Fsp3) is 0.250. The van der Waals surface area contributed by atoms with Crippen molar-refractivity contribution < 1.29 is 43.3 Å². The number of aromatic hydroxyl groups is 1. The third-order valence-corrected chi connectivity index (χ3v) is 11.7. The number of morpholine rings is 1. The Kier molecular flexibility index (Phi) is 11.4. The highest BCUT2D eigenvalue weighted by molar-refractivity contribution is 6.12. The number of pyridine rings is 1. The molecule has 13 nitrogen and oxygen atoms in total. The first kappa shape index (κ1) is 40.5. The zero-order valence-corrected chi connectivity index (χ0v) is 33.3. The average molecular weight is 819 g/mol. The number of amides is 2. The lowest BCUT2D eigenvalue weighted by atomic mass is 9.65. The molecule has 3 N–H and O–H groups in total. The van der Waals surface area contributed by atoms with Crippen LogP contribution in [0.1, 0.15) is 58.1 Å². The monoisotopic (exact) mass is 818 g/mol. The summed E-state index contributed by atoms with van der Waals surface area (Å²) in [7, 11) is 2.33. The number of phenolic OH excluding ortho intramolecular Hbond substituents is 1. The molecule has 0 radical (unpaired) electrons. The van der Waals surface area contributed by atoms with Gasteiger partial charge in [-0.2, -0.15) is 0 Å². The zero-order valence-electron chi connectivity index (χ0n) is 33.3. The Balaban J connectivity index is 1.34. The van der Waals surface area contributed by atoms with Gasteiger partial charge in [-0.25, -0.2) is 0 Å². The molecule has 1 spiro atoms. The van der Waals surface area contributed by atoms with Gasteiger partial charge in [0.15, 0.2) is 5.92 Å². The first-order valence-corrected chi connectivity index (χ1v) is 19.8. The van der Waals surface area contributed by atoms with E-state index in [1.165, 1.54) is 26.4 Å². The lowest BCUT2D eigenvalue weighted by molar-refractivity contribution is -0.178. The molecule has 0 unspecified atom stereocenters. The summed E-state index contributed by atoms with van der Waals surface area (Å²) >= 11 is 0. The number of nitrogens with one attached hydrogen (secondary N) is 2. The Hall–Kier alpha value is -7.30. The third-order valence-electron chi connectivity index (χ3n) is 11.7. The molecule has 3 aliphatic rings. The first-order chi connectivity index (χ1) is 29.7. The van der Waals surface area contributed by atoms with Gasteiger partial charge in [0.25, 0.3) is 0 Å². The molecule has 6 atom stereocenters. The van der Waals surface area contributed by atoms with Crippen molar-refractivity contribution in [3.8, 4) is 17.6 Å². The molecule has 2 amide bonds. The van der Waals surface area contributed by atoms with E-state index in [0.717, 1.165) is 16.8 Å². The van der Waals surface area contributed by atoms with Gasteiger partial charge in [-0.05, 0) is 64.7 Å². The van der Waals surface area contributed by atoms with Crippen LogP contribution >= 0.6 is 0 Å². The summed E-state index contributed by atoms with van der Waals surface area (Å²) in [6, 6.07) is 32.9. The number of cyclic esters (lactones) is 1. The van der Waals surface area contributed by atoms with Gasteiger partial charge in [0.1, 0.15) is 23.3 Å². The van der Waals surface area contributed by atoms with Crippen molar-refractivity contribution in [1.29, 1.82) is 0 Å². The van der Waals surface area contributed by atoms with E-state index in [9.17, 15) is 19.5 Å². The van der Waals surface area contributed by atoms with Crippen molar-refractivity contribution in [2.75, 3.05) is 26.1 Å². The molecule has 2 saturated heterocycles. The smallest absolute Gasteiger partial charge is 0.324 e. The molecule has 0 bridgehead atoms. The number of hydrogen-bond acceptors (Lipinski definition) is 11. The lowest BCUT2D eigenvalue weighted by Gasteiger charge is -2.46. The minimum Gasteiger partial charge on any atom is -0.508 e. The van der Waals surface area contributed by atoms with Crippen molar-refractivity contribution in [2.24, 2.45) is 11.8 Å². The van der Waals surface area contributed by atoms with E-state index in [0.29, 0.717) is 28.8 Å². The second kappa shape index (κ2) is 17.1. The number of fused-ring (bicyclic) bond motifs is 3. The van der Waals surface area contributed by atoms with Crippen LogP contribution < -0.4 is 10.6 Å². The summed E-state index contributed by atoms with van der Waals surface area (Å²) in [6.45, 7) is 0.157. The van der Waals surface area contributed by atoms with Crippen LogP contribution in [0.3, 0.4) is 0 Å². The second-order valence-corrected chi connectivity index (χ2v) is 15.0. The fourth-order valence-electron chi connectivity index (χ4n) is 9.10. The summed E-state index contributed by atoms with van der Waals surface area (Å²) in [5, 5.41) is 16.6. The number of phenols is 1. The summed E-state index contributed by atoms with van der Waals surface area (Å²) in [6.07, 6.45) is 0.987. The van der Waals surface area contributed by atoms with Crippen molar-refractivity contribution in [1.82, 2.24) is 15.2 Å². The normalized spacial score (nSPS) is 22.6. The van der Waals surface area contributed by atoms with Crippen LogP contribution in [0.15, 0.2) is 128 Å². The van der Waals surface area contributed by atoms with E-state index in [1.807, 2.05) is 77.7 Å². The maximum absolute atomic E-state index is 15.3. The van der Waals surface area contributed by atoms with E-state index in [4.69, 9.17) is 14.2 Å². The summed E-state index contributed by atoms with van der Waals surface area (Å²) in [5.74, 6) is -0.0764. The summed E-state index contributed by atoms with van der Waals surface area (Å²) in [5.41, 5.74) is 2.26. The Labute approximate surface area is 352 Å². The van der Waals surface area contributed by atoms with E-state index in [1.54, 1.807) is 42.6 Å². The predicted octanol–water partition coefficient (Wildman–Crippen LogP) is 5.12. The molecule has 4 heterocycles. The number of ether oxygens (including phenoxy) is 3. The quantitative estimate of drug-likeness (QED) is 0.0739. The number of methoxy groups -OCH3 is 2. The highest BCUT2D eigenvalue weighted by Gasteiger charge is 2.74. The minimum atomic E-state index is -1.79. The van der Waals surface area contributed by atoms with E-state index in [-0.39, 0.29) is 18.7 Å². The Morgan fingerprint density at radius 2 is 1.52 bits per heavy atom. The van der Waals surface area contributed by atoms with Crippen molar-refractivity contribution in [2.45, 2.75) is 42.5 Å². The van der Waals surface area contributed by atoms with Crippen LogP contribution in [0, 0.1) is 23.7 Å². The molecule has 0 saturated carbocycles. The second-order valence-electron chi connectivity index (χ2n) is 15.0. The number of anilines is 1. The van der Waals surface area contributed by atoms with Gasteiger partial charge in [-0.3, -0.25) is 33.9 Å². The van der Waals surface area contributed by atoms with Crippen molar-refractivity contribution >= 4 is 35.4 Å². The molecule has 308 valence electrons. The summed E-state index contributed by atoms with van der Waals surface area (Å²) < 4.78 is 16.1. The maximum atomic E-state index is 15.3. The van der Waals surface area contributed by atoms with Crippen LogP contribution in [0.5, 0.6) is 5.75 Å². The number of carbonyl (C=O) groups excluding carboxylic acids is 5. The molecule has 13 heteroatoms. The molecule has 8 rings (SSSR count). The van der Waals surface area contributed by atoms with Gasteiger partial charge < -0.3 is 30.0 Å². The number of aromatic nitrogens is 1. The molecule has 0 aliphatic carbocycles. The number of nitrogens with zero attached hydrogens (tertiary/aromatic N) is 2. The van der Waals surface area contributed by atoms with E-state index < -0.39 is 71.2 Å². The molecular weight excluding hydrogens is 777 g/mol. The molecule has 4 aromatic carbocycles. The van der Waals surface area contributed by atoms with Crippen LogP contribution in [0.4, 0.5) is 5.69 Å². The van der Waals surface area contributed by atoms with Gasteiger partial charge >= 0.3 is 17.9 Å². The molecule has 3 aliphatic heterocycles.